The van der Waals surface area contributed by atoms with Crippen molar-refractivity contribution in [2.24, 2.45) is 5.92 Å². The molecule has 12 nitrogen and oxygen atoms in total. The molecular weight excluding hydrogens is 532 g/mol. The molecule has 3 aliphatic heterocycles. The number of nitrogens with one attached hydrogen (secondary N) is 2. The fourth-order valence-corrected chi connectivity index (χ4v) is 6.57. The number of ether oxygens (including phenoxy) is 1. The molecule has 1 aromatic rings. The SMILES string of the molecule is O=C(O)N[C@H]1CCCCCCC[C@@H]2C[C@@]2(C(=O)O)NC(=O)[C@@H]2C[C@@H](OC(=O)N3CCc4ccccc4C3)CN2C1=O. The molecule has 0 radical (unpaired) electrons. The predicted molar refractivity (Wildman–Crippen MR) is 145 cm³/mol. The summed E-state index contributed by atoms with van der Waals surface area (Å²) < 4.78 is 5.79. The molecule has 1 aromatic carbocycles. The average molecular weight is 571 g/mol. The third-order valence-corrected chi connectivity index (χ3v) is 8.98. The molecule has 41 heavy (non-hydrogen) atoms. The van der Waals surface area contributed by atoms with E-state index in [1.165, 1.54) is 10.5 Å². The van der Waals surface area contributed by atoms with Crippen molar-refractivity contribution in [1.82, 2.24) is 20.4 Å². The van der Waals surface area contributed by atoms with E-state index in [1.54, 1.807) is 4.90 Å². The van der Waals surface area contributed by atoms with E-state index in [0.717, 1.165) is 31.2 Å². The highest BCUT2D eigenvalue weighted by atomic mass is 16.6. The highest BCUT2D eigenvalue weighted by Gasteiger charge is 2.62. The van der Waals surface area contributed by atoms with Crippen molar-refractivity contribution in [3.63, 3.8) is 0 Å². The monoisotopic (exact) mass is 570 g/mol. The lowest BCUT2D eigenvalue weighted by molar-refractivity contribution is -0.146. The van der Waals surface area contributed by atoms with Gasteiger partial charge in [-0.15, -0.1) is 0 Å². The van der Waals surface area contributed by atoms with Crippen LogP contribution in [0.3, 0.4) is 0 Å². The molecule has 5 atom stereocenters. The Hall–Kier alpha value is -3.83. The third kappa shape index (κ3) is 6.25. The van der Waals surface area contributed by atoms with Gasteiger partial charge in [-0.1, -0.05) is 56.4 Å². The quantitative estimate of drug-likeness (QED) is 0.430. The number of carboxylic acid groups (broad SMARTS) is 2. The van der Waals surface area contributed by atoms with Crippen LogP contribution in [0.2, 0.25) is 0 Å². The number of carbonyl (C=O) groups is 5. The Morgan fingerprint density at radius 3 is 2.44 bits per heavy atom. The van der Waals surface area contributed by atoms with Gasteiger partial charge in [-0.25, -0.2) is 14.4 Å². The van der Waals surface area contributed by atoms with Crippen LogP contribution >= 0.6 is 0 Å². The minimum Gasteiger partial charge on any atom is -0.479 e. The van der Waals surface area contributed by atoms with Gasteiger partial charge >= 0.3 is 18.2 Å². The van der Waals surface area contributed by atoms with E-state index < -0.39 is 53.7 Å². The van der Waals surface area contributed by atoms with Crippen LogP contribution in [0.15, 0.2) is 24.3 Å². The standard InChI is InChI=1S/C29H38N4O8/c34-24-23-14-21(41-28(40)32-13-12-18-8-6-7-9-19(18)16-32)17-33(23)25(35)22(30-27(38)39)11-5-3-1-2-4-10-20-15-29(20,31-24)26(36)37/h6-9,20-23,30H,1-5,10-17H2,(H,31,34)(H,36,37)(H,38,39)/t20-,21-,22+,23+,29-/m1/s1. The van der Waals surface area contributed by atoms with Crippen LogP contribution in [-0.2, 0) is 32.1 Å². The lowest BCUT2D eigenvalue weighted by Gasteiger charge is -2.29. The van der Waals surface area contributed by atoms with Crippen LogP contribution in [0.1, 0.15) is 68.9 Å². The molecular formula is C29H38N4O8. The topological polar surface area (TPSA) is 166 Å². The summed E-state index contributed by atoms with van der Waals surface area (Å²) in [5.74, 6) is -2.49. The van der Waals surface area contributed by atoms with Gasteiger partial charge in [0.1, 0.15) is 23.7 Å². The van der Waals surface area contributed by atoms with Crippen LogP contribution in [0.5, 0.6) is 0 Å². The number of rotatable bonds is 3. The predicted octanol–water partition coefficient (Wildman–Crippen LogP) is 2.49. The Kier molecular flexibility index (Phi) is 8.37. The van der Waals surface area contributed by atoms with E-state index in [9.17, 15) is 34.2 Å². The Morgan fingerprint density at radius 2 is 1.71 bits per heavy atom. The van der Waals surface area contributed by atoms with E-state index in [0.29, 0.717) is 38.8 Å². The highest BCUT2D eigenvalue weighted by molar-refractivity contribution is 5.95. The second-order valence-electron chi connectivity index (χ2n) is 11.7. The molecule has 0 spiro atoms. The molecule has 3 heterocycles. The molecule has 3 fully saturated rings. The molecule has 0 bridgehead atoms. The summed E-state index contributed by atoms with van der Waals surface area (Å²) in [6.45, 7) is 0.776. The first kappa shape index (κ1) is 28.7. The van der Waals surface area contributed by atoms with Gasteiger partial charge in [0, 0.05) is 19.5 Å². The zero-order chi connectivity index (χ0) is 29.1. The fourth-order valence-electron chi connectivity index (χ4n) is 6.57. The molecule has 5 rings (SSSR count). The van der Waals surface area contributed by atoms with Crippen LogP contribution in [-0.4, -0.2) is 86.8 Å². The Labute approximate surface area is 238 Å². The van der Waals surface area contributed by atoms with Gasteiger partial charge in [0.2, 0.25) is 11.8 Å². The first-order chi connectivity index (χ1) is 19.7. The normalized spacial score (nSPS) is 30.4. The van der Waals surface area contributed by atoms with Crippen LogP contribution in [0.4, 0.5) is 9.59 Å². The van der Waals surface area contributed by atoms with Crippen molar-refractivity contribution in [2.45, 2.75) is 94.5 Å². The van der Waals surface area contributed by atoms with Crippen molar-refractivity contribution in [1.29, 1.82) is 0 Å². The molecule has 0 aromatic heterocycles. The fraction of sp³-hybridized carbons (Fsp3) is 0.621. The number of benzene rings is 1. The van der Waals surface area contributed by atoms with E-state index in [2.05, 4.69) is 10.6 Å². The largest absolute Gasteiger partial charge is 0.479 e. The van der Waals surface area contributed by atoms with Crippen molar-refractivity contribution < 1.29 is 38.9 Å². The maximum atomic E-state index is 13.7. The highest BCUT2D eigenvalue weighted by Crippen LogP contribution is 2.47. The Balaban J connectivity index is 1.34. The van der Waals surface area contributed by atoms with Crippen LogP contribution in [0, 0.1) is 5.92 Å². The van der Waals surface area contributed by atoms with Gasteiger partial charge in [-0.2, -0.15) is 0 Å². The molecule has 4 amide bonds. The van der Waals surface area contributed by atoms with Gasteiger partial charge < -0.3 is 35.4 Å². The number of aliphatic carboxylic acids is 1. The summed E-state index contributed by atoms with van der Waals surface area (Å²) in [5, 5.41) is 24.4. The van der Waals surface area contributed by atoms with E-state index >= 15 is 0 Å². The number of carbonyl (C=O) groups excluding carboxylic acids is 3. The lowest BCUT2D eigenvalue weighted by atomic mass is 10.0. The second-order valence-corrected chi connectivity index (χ2v) is 11.7. The zero-order valence-corrected chi connectivity index (χ0v) is 23.0. The number of nitrogens with zero attached hydrogens (tertiary/aromatic N) is 2. The Bertz CT molecular complexity index is 1210. The first-order valence-electron chi connectivity index (χ1n) is 14.6. The smallest absolute Gasteiger partial charge is 0.410 e. The number of fused-ring (bicyclic) bond motifs is 3. The minimum absolute atomic E-state index is 0.00605. The minimum atomic E-state index is -1.37. The van der Waals surface area contributed by atoms with Gasteiger partial charge in [0.25, 0.3) is 0 Å². The molecule has 1 aliphatic carbocycles. The molecule has 2 saturated heterocycles. The maximum absolute atomic E-state index is 13.7. The van der Waals surface area contributed by atoms with Crippen LogP contribution in [0.25, 0.3) is 0 Å². The Morgan fingerprint density at radius 1 is 1.00 bits per heavy atom. The maximum Gasteiger partial charge on any atom is 0.410 e. The summed E-state index contributed by atoms with van der Waals surface area (Å²) in [5.41, 5.74) is 0.832. The number of hydrogen-bond acceptors (Lipinski definition) is 6. The van der Waals surface area contributed by atoms with Gasteiger partial charge in [-0.3, -0.25) is 9.59 Å². The van der Waals surface area contributed by atoms with E-state index in [1.807, 2.05) is 24.3 Å². The molecule has 4 N–H and O–H groups in total. The second kappa shape index (κ2) is 12.0. The average Bonchev–Trinajstić information content (AvgIpc) is 3.48. The lowest BCUT2D eigenvalue weighted by Crippen LogP contribution is -2.56. The molecule has 12 heteroatoms. The van der Waals surface area contributed by atoms with Crippen molar-refractivity contribution in [2.75, 3.05) is 13.1 Å². The number of hydrogen-bond donors (Lipinski definition) is 4. The van der Waals surface area contributed by atoms with E-state index in [-0.39, 0.29) is 25.3 Å². The molecule has 4 aliphatic rings. The summed E-state index contributed by atoms with van der Waals surface area (Å²) in [4.78, 5) is 66.9. The van der Waals surface area contributed by atoms with Crippen LogP contribution < -0.4 is 10.6 Å². The number of amides is 4. The zero-order valence-electron chi connectivity index (χ0n) is 23.0. The van der Waals surface area contributed by atoms with Crippen molar-refractivity contribution in [3.8, 4) is 0 Å². The van der Waals surface area contributed by atoms with Crippen molar-refractivity contribution in [3.05, 3.63) is 35.4 Å². The summed E-state index contributed by atoms with van der Waals surface area (Å²) in [6, 6.07) is 5.70. The first-order valence-corrected chi connectivity index (χ1v) is 14.6. The van der Waals surface area contributed by atoms with E-state index in [4.69, 9.17) is 4.74 Å². The van der Waals surface area contributed by atoms with Crippen molar-refractivity contribution >= 4 is 30.0 Å². The number of carboxylic acids is 1. The third-order valence-electron chi connectivity index (χ3n) is 8.98. The molecule has 222 valence electrons. The summed E-state index contributed by atoms with van der Waals surface area (Å²) in [7, 11) is 0. The van der Waals surface area contributed by atoms with Gasteiger partial charge in [0.05, 0.1) is 6.54 Å². The molecule has 0 unspecified atom stereocenters. The van der Waals surface area contributed by atoms with Gasteiger partial charge in [-0.05, 0) is 42.7 Å². The van der Waals surface area contributed by atoms with Gasteiger partial charge in [0.15, 0.2) is 0 Å². The summed E-state index contributed by atoms with van der Waals surface area (Å²) >= 11 is 0. The summed E-state index contributed by atoms with van der Waals surface area (Å²) in [6.07, 6.45) is 3.31. The molecule has 1 saturated carbocycles.